The summed E-state index contributed by atoms with van der Waals surface area (Å²) in [6.45, 7) is 0. The summed E-state index contributed by atoms with van der Waals surface area (Å²) in [5.41, 5.74) is 0.984. The summed E-state index contributed by atoms with van der Waals surface area (Å²) in [5.74, 6) is 0.911. The maximum atomic E-state index is 12.1. The Morgan fingerprint density at radius 3 is 2.44 bits per heavy atom. The first-order valence-electron chi connectivity index (χ1n) is 5.20. The number of ketones is 1. The first-order valence-corrected chi connectivity index (χ1v) is 7.67. The van der Waals surface area contributed by atoms with Gasteiger partial charge in [0, 0.05) is 16.3 Å². The Bertz CT molecular complexity index is 561. The summed E-state index contributed by atoms with van der Waals surface area (Å²) in [4.78, 5) is 12.9. The van der Waals surface area contributed by atoms with Crippen LogP contribution in [0.4, 0.5) is 0 Å². The van der Waals surface area contributed by atoms with Crippen LogP contribution in [0.5, 0.6) is 5.75 Å². The Hall–Kier alpha value is -0.650. The maximum Gasteiger partial charge on any atom is 0.178 e. The normalized spacial score (nSPS) is 10.4. The summed E-state index contributed by atoms with van der Waals surface area (Å²) in [7, 11) is 1.63. The van der Waals surface area contributed by atoms with Crippen molar-refractivity contribution in [2.75, 3.05) is 7.11 Å². The fraction of sp³-hybridized carbons (Fsp3) is 0.154. The highest BCUT2D eigenvalue weighted by Gasteiger charge is 2.15. The number of Topliss-reactive ketones (excluding diaryl/α,β-unsaturated/α-hetero) is 1. The van der Waals surface area contributed by atoms with E-state index in [2.05, 4.69) is 31.9 Å². The Balaban J connectivity index is 2.13. The number of hydrogen-bond donors (Lipinski definition) is 0. The lowest BCUT2D eigenvalue weighted by atomic mass is 10.1. The molecule has 0 saturated carbocycles. The number of benzene rings is 1. The van der Waals surface area contributed by atoms with Crippen molar-refractivity contribution in [3.63, 3.8) is 0 Å². The fourth-order valence-electron chi connectivity index (χ4n) is 1.52. The molecule has 18 heavy (non-hydrogen) atoms. The van der Waals surface area contributed by atoms with Gasteiger partial charge in [-0.1, -0.05) is 12.1 Å². The third kappa shape index (κ3) is 3.02. The van der Waals surface area contributed by atoms with Gasteiger partial charge in [-0.2, -0.15) is 0 Å². The average Bonchev–Trinajstić information content (AvgIpc) is 2.71. The molecule has 2 rings (SSSR count). The van der Waals surface area contributed by atoms with E-state index in [9.17, 15) is 4.79 Å². The van der Waals surface area contributed by atoms with Crippen LogP contribution in [0, 0.1) is 0 Å². The van der Waals surface area contributed by atoms with Crippen LogP contribution < -0.4 is 4.74 Å². The standard InChI is InChI=1S/C13H10Br2O2S/c1-17-9-4-2-8(3-5-9)6-11(16)13-12(15)10(14)7-18-13/h2-5,7H,6H2,1H3. The molecule has 1 aromatic carbocycles. The van der Waals surface area contributed by atoms with Crippen molar-refractivity contribution in [1.29, 1.82) is 0 Å². The van der Waals surface area contributed by atoms with E-state index in [4.69, 9.17) is 4.74 Å². The number of carbonyl (C=O) groups excluding carboxylic acids is 1. The first kappa shape index (κ1) is 13.8. The van der Waals surface area contributed by atoms with Crippen molar-refractivity contribution in [2.24, 2.45) is 0 Å². The molecule has 94 valence electrons. The second-order valence-corrected chi connectivity index (χ2v) is 6.20. The third-order valence-electron chi connectivity index (χ3n) is 2.47. The zero-order valence-corrected chi connectivity index (χ0v) is 13.6. The molecule has 0 radical (unpaired) electrons. The number of carbonyl (C=O) groups is 1. The zero-order valence-electron chi connectivity index (χ0n) is 9.57. The Kier molecular flexibility index (Phi) is 4.59. The predicted octanol–water partition coefficient (Wildman–Crippen LogP) is 4.71. The van der Waals surface area contributed by atoms with Crippen LogP contribution in [-0.2, 0) is 6.42 Å². The average molecular weight is 390 g/mol. The highest BCUT2D eigenvalue weighted by molar-refractivity contribution is 9.13. The quantitative estimate of drug-likeness (QED) is 0.708. The van der Waals surface area contributed by atoms with E-state index in [1.54, 1.807) is 7.11 Å². The Morgan fingerprint density at radius 1 is 1.28 bits per heavy atom. The lowest BCUT2D eigenvalue weighted by molar-refractivity contribution is 0.0996. The smallest absolute Gasteiger partial charge is 0.178 e. The summed E-state index contributed by atoms with van der Waals surface area (Å²) >= 11 is 8.24. The van der Waals surface area contributed by atoms with E-state index < -0.39 is 0 Å². The molecule has 0 aliphatic carbocycles. The number of thiophene rings is 1. The lowest BCUT2D eigenvalue weighted by Crippen LogP contribution is -2.01. The molecule has 5 heteroatoms. The van der Waals surface area contributed by atoms with Crippen LogP contribution in [0.3, 0.4) is 0 Å². The molecule has 0 aliphatic rings. The summed E-state index contributed by atoms with van der Waals surface area (Å²) in [5, 5.41) is 1.91. The van der Waals surface area contributed by atoms with Crippen LogP contribution in [-0.4, -0.2) is 12.9 Å². The van der Waals surface area contributed by atoms with Crippen molar-refractivity contribution in [1.82, 2.24) is 0 Å². The fourth-order valence-corrected chi connectivity index (χ4v) is 3.65. The zero-order chi connectivity index (χ0) is 13.1. The molecule has 0 unspecified atom stereocenters. The van der Waals surface area contributed by atoms with Crippen LogP contribution in [0.1, 0.15) is 15.2 Å². The molecule has 0 fully saturated rings. The highest BCUT2D eigenvalue weighted by Crippen LogP contribution is 2.33. The lowest BCUT2D eigenvalue weighted by Gasteiger charge is -2.02. The first-order chi connectivity index (χ1) is 8.61. The van der Waals surface area contributed by atoms with Gasteiger partial charge in [-0.05, 0) is 49.6 Å². The van der Waals surface area contributed by atoms with E-state index in [1.807, 2.05) is 29.6 Å². The minimum atomic E-state index is 0.114. The molecular formula is C13H10Br2O2S. The molecule has 0 atom stereocenters. The predicted molar refractivity (Wildman–Crippen MR) is 80.7 cm³/mol. The van der Waals surface area contributed by atoms with Crippen LogP contribution in [0.2, 0.25) is 0 Å². The van der Waals surface area contributed by atoms with Crippen LogP contribution in [0.25, 0.3) is 0 Å². The van der Waals surface area contributed by atoms with Gasteiger partial charge in [-0.3, -0.25) is 4.79 Å². The Labute approximate surface area is 126 Å². The minimum absolute atomic E-state index is 0.114. The van der Waals surface area contributed by atoms with E-state index in [1.165, 1.54) is 11.3 Å². The highest BCUT2D eigenvalue weighted by atomic mass is 79.9. The molecule has 2 aromatic rings. The van der Waals surface area contributed by atoms with Gasteiger partial charge in [-0.15, -0.1) is 11.3 Å². The van der Waals surface area contributed by atoms with Crippen LogP contribution >= 0.6 is 43.2 Å². The molecule has 0 bridgehead atoms. The molecule has 0 N–H and O–H groups in total. The molecule has 1 aromatic heterocycles. The van der Waals surface area contributed by atoms with Gasteiger partial charge in [0.05, 0.1) is 16.5 Å². The minimum Gasteiger partial charge on any atom is -0.497 e. The summed E-state index contributed by atoms with van der Waals surface area (Å²) < 4.78 is 6.85. The van der Waals surface area contributed by atoms with Gasteiger partial charge < -0.3 is 4.74 Å². The molecule has 0 spiro atoms. The molecule has 0 saturated heterocycles. The molecule has 1 heterocycles. The van der Waals surface area contributed by atoms with Crippen molar-refractivity contribution >= 4 is 49.0 Å². The number of rotatable bonds is 4. The summed E-state index contributed by atoms with van der Waals surface area (Å²) in [6.07, 6.45) is 0.398. The van der Waals surface area contributed by atoms with E-state index >= 15 is 0 Å². The van der Waals surface area contributed by atoms with Crippen molar-refractivity contribution in [3.05, 3.63) is 49.0 Å². The molecule has 2 nitrogen and oxygen atoms in total. The van der Waals surface area contributed by atoms with Crippen molar-refractivity contribution in [2.45, 2.75) is 6.42 Å². The van der Waals surface area contributed by atoms with Gasteiger partial charge in [0.1, 0.15) is 5.75 Å². The third-order valence-corrected chi connectivity index (χ3v) is 6.03. The number of hydrogen-bond acceptors (Lipinski definition) is 3. The van der Waals surface area contributed by atoms with Gasteiger partial charge in [0.2, 0.25) is 0 Å². The van der Waals surface area contributed by atoms with Gasteiger partial charge in [-0.25, -0.2) is 0 Å². The second-order valence-electron chi connectivity index (χ2n) is 3.67. The Morgan fingerprint density at radius 2 is 1.94 bits per heavy atom. The number of methoxy groups -OCH3 is 1. The molecule has 0 aliphatic heterocycles. The monoisotopic (exact) mass is 388 g/mol. The van der Waals surface area contributed by atoms with E-state index in [0.29, 0.717) is 6.42 Å². The number of ether oxygens (including phenoxy) is 1. The topological polar surface area (TPSA) is 26.3 Å². The van der Waals surface area contributed by atoms with Crippen LogP contribution in [0.15, 0.2) is 38.6 Å². The summed E-state index contributed by atoms with van der Waals surface area (Å²) in [6, 6.07) is 7.55. The van der Waals surface area contributed by atoms with Gasteiger partial charge in [0.15, 0.2) is 5.78 Å². The SMILES string of the molecule is COc1ccc(CC(=O)c2scc(Br)c2Br)cc1. The van der Waals surface area contributed by atoms with Gasteiger partial charge in [0.25, 0.3) is 0 Å². The van der Waals surface area contributed by atoms with E-state index in [0.717, 1.165) is 25.1 Å². The largest absolute Gasteiger partial charge is 0.497 e. The van der Waals surface area contributed by atoms with Crippen molar-refractivity contribution < 1.29 is 9.53 Å². The van der Waals surface area contributed by atoms with E-state index in [-0.39, 0.29) is 5.78 Å². The second kappa shape index (κ2) is 5.99. The maximum absolute atomic E-state index is 12.1. The van der Waals surface area contributed by atoms with Crippen molar-refractivity contribution in [3.8, 4) is 5.75 Å². The molecule has 0 amide bonds. The number of halogens is 2. The molecular weight excluding hydrogens is 380 g/mol. The van der Waals surface area contributed by atoms with Gasteiger partial charge >= 0.3 is 0 Å².